The highest BCUT2D eigenvalue weighted by molar-refractivity contribution is 6.33. The molecule has 24 heavy (non-hydrogen) atoms. The van der Waals surface area contributed by atoms with Crippen LogP contribution in [0.2, 0.25) is 5.02 Å². The lowest BCUT2D eigenvalue weighted by atomic mass is 9.77. The van der Waals surface area contributed by atoms with Gasteiger partial charge in [-0.2, -0.15) is 0 Å². The fraction of sp³-hybridized carbons (Fsp3) is 0.438. The molecule has 0 aromatic heterocycles. The maximum absolute atomic E-state index is 13.9. The molecule has 1 aromatic rings. The zero-order valence-electron chi connectivity index (χ0n) is 12.7. The van der Waals surface area contributed by atoms with Crippen LogP contribution in [-0.2, 0) is 9.59 Å². The van der Waals surface area contributed by atoms with Crippen molar-refractivity contribution in [1.29, 1.82) is 0 Å². The summed E-state index contributed by atoms with van der Waals surface area (Å²) in [7, 11) is 0. The Bertz CT molecular complexity index is 696. The summed E-state index contributed by atoms with van der Waals surface area (Å²) >= 11 is 5.93. The van der Waals surface area contributed by atoms with Crippen molar-refractivity contribution < 1.29 is 23.9 Å². The summed E-state index contributed by atoms with van der Waals surface area (Å²) in [5.41, 5.74) is -1.01. The van der Waals surface area contributed by atoms with E-state index >= 15 is 0 Å². The average Bonchev–Trinajstić information content (AvgIpc) is 2.84. The Morgan fingerprint density at radius 3 is 2.58 bits per heavy atom. The molecule has 2 heterocycles. The number of hydrogen-bond acceptors (Lipinski definition) is 3. The molecule has 0 saturated carbocycles. The van der Waals surface area contributed by atoms with Crippen molar-refractivity contribution in [3.8, 4) is 0 Å². The Morgan fingerprint density at radius 2 is 2.00 bits per heavy atom. The number of nitrogens with zero attached hydrogens (tertiary/aromatic N) is 1. The maximum atomic E-state index is 13.9. The molecule has 1 atom stereocenters. The second-order valence-electron chi connectivity index (χ2n) is 6.19. The summed E-state index contributed by atoms with van der Waals surface area (Å²) in [6.45, 7) is 0.459. The molecule has 1 aromatic carbocycles. The van der Waals surface area contributed by atoms with Gasteiger partial charge in [0.1, 0.15) is 5.82 Å². The quantitative estimate of drug-likeness (QED) is 0.846. The zero-order chi connectivity index (χ0) is 17.5. The summed E-state index contributed by atoms with van der Waals surface area (Å²) < 4.78 is 13.9. The Kier molecular flexibility index (Phi) is 4.21. The van der Waals surface area contributed by atoms with Crippen LogP contribution in [0.5, 0.6) is 0 Å². The van der Waals surface area contributed by atoms with Crippen molar-refractivity contribution in [1.82, 2.24) is 10.2 Å². The van der Waals surface area contributed by atoms with E-state index in [1.807, 2.05) is 0 Å². The molecular weight excluding hydrogens is 339 g/mol. The van der Waals surface area contributed by atoms with E-state index in [2.05, 4.69) is 5.32 Å². The van der Waals surface area contributed by atoms with Crippen molar-refractivity contribution in [2.45, 2.75) is 24.8 Å². The second-order valence-corrected chi connectivity index (χ2v) is 6.60. The van der Waals surface area contributed by atoms with Gasteiger partial charge in [0.15, 0.2) is 0 Å². The minimum absolute atomic E-state index is 0.0397. The number of rotatable bonds is 2. The summed E-state index contributed by atoms with van der Waals surface area (Å²) in [6, 6.07) is 4.04. The van der Waals surface area contributed by atoms with Crippen LogP contribution in [0.4, 0.5) is 4.39 Å². The predicted octanol–water partition coefficient (Wildman–Crippen LogP) is 1.67. The number of likely N-dealkylation sites (tertiary alicyclic amines) is 1. The molecule has 2 N–H and O–H groups in total. The molecule has 0 bridgehead atoms. The number of benzene rings is 1. The fourth-order valence-electron chi connectivity index (χ4n) is 3.56. The highest BCUT2D eigenvalue weighted by Gasteiger charge is 2.52. The largest absolute Gasteiger partial charge is 0.481 e. The van der Waals surface area contributed by atoms with E-state index in [4.69, 9.17) is 11.6 Å². The van der Waals surface area contributed by atoms with Gasteiger partial charge in [-0.05, 0) is 25.0 Å². The lowest BCUT2D eigenvalue weighted by Crippen LogP contribution is -2.56. The molecule has 8 heteroatoms. The highest BCUT2D eigenvalue weighted by atomic mass is 35.5. The lowest BCUT2D eigenvalue weighted by Gasteiger charge is -2.41. The van der Waals surface area contributed by atoms with Crippen molar-refractivity contribution in [2.75, 3.05) is 13.1 Å². The molecule has 6 nitrogen and oxygen atoms in total. The number of piperidine rings is 1. The summed E-state index contributed by atoms with van der Waals surface area (Å²) in [5.74, 6) is -3.33. The molecule has 1 spiro atoms. The lowest BCUT2D eigenvalue weighted by molar-refractivity contribution is -0.144. The third kappa shape index (κ3) is 2.73. The molecule has 0 unspecified atom stereocenters. The zero-order valence-corrected chi connectivity index (χ0v) is 13.5. The van der Waals surface area contributed by atoms with Crippen LogP contribution in [0.15, 0.2) is 18.2 Å². The molecule has 2 fully saturated rings. The summed E-state index contributed by atoms with van der Waals surface area (Å²) in [6.07, 6.45) is 0.573. The van der Waals surface area contributed by atoms with E-state index in [0.717, 1.165) is 0 Å². The van der Waals surface area contributed by atoms with Crippen LogP contribution in [0.25, 0.3) is 0 Å². The number of amides is 2. The van der Waals surface area contributed by atoms with Gasteiger partial charge >= 0.3 is 5.97 Å². The minimum atomic E-state index is -1.02. The Labute approximate surface area is 142 Å². The topological polar surface area (TPSA) is 86.7 Å². The molecular formula is C16H16ClFN2O4. The monoisotopic (exact) mass is 354 g/mol. The molecule has 128 valence electrons. The first kappa shape index (κ1) is 16.7. The number of carbonyl (C=O) groups excluding carboxylic acids is 2. The third-order valence-corrected chi connectivity index (χ3v) is 5.18. The van der Waals surface area contributed by atoms with Gasteiger partial charge in [0.05, 0.1) is 22.0 Å². The van der Waals surface area contributed by atoms with E-state index < -0.39 is 29.2 Å². The molecule has 0 radical (unpaired) electrons. The third-order valence-electron chi connectivity index (χ3n) is 4.86. The number of hydrogen-bond donors (Lipinski definition) is 2. The molecule has 2 amide bonds. The molecule has 2 saturated heterocycles. The molecule has 0 aliphatic carbocycles. The van der Waals surface area contributed by atoms with E-state index in [9.17, 15) is 23.9 Å². The van der Waals surface area contributed by atoms with Gasteiger partial charge in [-0.15, -0.1) is 0 Å². The average molecular weight is 355 g/mol. The standard InChI is InChI=1S/C16H16ClFN2O4/c17-10-2-1-3-11(18)13(10)14(22)20-6-4-16(5-7-20)9(15(23)24)8-12(21)19-16/h1-3,9H,4-8H2,(H,19,21)(H,23,24)/t9-/m0/s1. The Morgan fingerprint density at radius 1 is 1.33 bits per heavy atom. The summed E-state index contributed by atoms with van der Waals surface area (Å²) in [4.78, 5) is 37.0. The molecule has 2 aliphatic rings. The van der Waals surface area contributed by atoms with Crippen LogP contribution in [-0.4, -0.2) is 46.4 Å². The van der Waals surface area contributed by atoms with Crippen LogP contribution in [0.1, 0.15) is 29.6 Å². The number of carbonyl (C=O) groups is 3. The van der Waals surface area contributed by atoms with Crippen molar-refractivity contribution in [3.05, 3.63) is 34.6 Å². The number of nitrogens with one attached hydrogen (secondary N) is 1. The van der Waals surface area contributed by atoms with Gasteiger partial charge in [-0.25, -0.2) is 4.39 Å². The number of halogens is 2. The molecule has 2 aliphatic heterocycles. The first-order valence-corrected chi connectivity index (χ1v) is 7.99. The number of carboxylic acids is 1. The van der Waals surface area contributed by atoms with Gasteiger partial charge in [0.2, 0.25) is 5.91 Å². The first-order chi connectivity index (χ1) is 11.3. The number of aliphatic carboxylic acids is 1. The van der Waals surface area contributed by atoms with E-state index in [0.29, 0.717) is 12.8 Å². The van der Waals surface area contributed by atoms with Gasteiger partial charge in [-0.1, -0.05) is 17.7 Å². The van der Waals surface area contributed by atoms with Crippen LogP contribution in [0, 0.1) is 11.7 Å². The minimum Gasteiger partial charge on any atom is -0.481 e. The maximum Gasteiger partial charge on any atom is 0.309 e. The number of carboxylic acid groups (broad SMARTS) is 1. The van der Waals surface area contributed by atoms with E-state index in [1.54, 1.807) is 0 Å². The van der Waals surface area contributed by atoms with Crippen molar-refractivity contribution in [3.63, 3.8) is 0 Å². The first-order valence-electron chi connectivity index (χ1n) is 7.61. The van der Waals surface area contributed by atoms with Crippen molar-refractivity contribution >= 4 is 29.4 Å². The van der Waals surface area contributed by atoms with Crippen LogP contribution < -0.4 is 5.32 Å². The second kappa shape index (κ2) is 6.05. The van der Waals surface area contributed by atoms with Gasteiger partial charge in [0.25, 0.3) is 5.91 Å². The van der Waals surface area contributed by atoms with Gasteiger partial charge in [0, 0.05) is 19.5 Å². The van der Waals surface area contributed by atoms with Crippen LogP contribution >= 0.6 is 11.6 Å². The fourth-order valence-corrected chi connectivity index (χ4v) is 3.81. The smallest absolute Gasteiger partial charge is 0.309 e. The van der Waals surface area contributed by atoms with E-state index in [-0.39, 0.29) is 36.0 Å². The van der Waals surface area contributed by atoms with Gasteiger partial charge in [-0.3, -0.25) is 14.4 Å². The van der Waals surface area contributed by atoms with Gasteiger partial charge < -0.3 is 15.3 Å². The van der Waals surface area contributed by atoms with E-state index in [1.165, 1.54) is 23.1 Å². The predicted molar refractivity (Wildman–Crippen MR) is 83.2 cm³/mol. The van der Waals surface area contributed by atoms with Crippen LogP contribution in [0.3, 0.4) is 0 Å². The Hall–Kier alpha value is -2.15. The SMILES string of the molecule is O=C1C[C@@H](C(=O)O)C2(CCN(C(=O)c3c(F)cccc3Cl)CC2)N1. The molecule has 3 rings (SSSR count). The summed E-state index contributed by atoms with van der Waals surface area (Å²) in [5, 5.41) is 12.1. The Balaban J connectivity index is 1.77. The highest BCUT2D eigenvalue weighted by Crippen LogP contribution is 2.37. The van der Waals surface area contributed by atoms with Crippen molar-refractivity contribution in [2.24, 2.45) is 5.92 Å². The normalized spacial score (nSPS) is 22.5.